The van der Waals surface area contributed by atoms with Gasteiger partial charge in [-0.25, -0.2) is 0 Å². The molecule has 1 aromatic heterocycles. The molecular formula is C21H30N4O3. The average Bonchev–Trinajstić information content (AvgIpc) is 3.23. The lowest BCUT2D eigenvalue weighted by atomic mass is 9.79. The van der Waals surface area contributed by atoms with E-state index in [1.807, 2.05) is 18.7 Å². The largest absolute Gasteiger partial charge is 0.348 e. The zero-order valence-electron chi connectivity index (χ0n) is 17.2. The van der Waals surface area contributed by atoms with Crippen LogP contribution < -0.4 is 0 Å². The fraction of sp³-hybridized carbons (Fsp3) is 0.619. The van der Waals surface area contributed by atoms with Crippen molar-refractivity contribution in [1.82, 2.24) is 19.7 Å². The summed E-state index contributed by atoms with van der Waals surface area (Å²) < 4.78 is 0. The molecule has 1 aromatic rings. The van der Waals surface area contributed by atoms with Crippen LogP contribution in [0, 0.1) is 17.3 Å². The van der Waals surface area contributed by atoms with Crippen molar-refractivity contribution in [3.63, 3.8) is 0 Å². The minimum Gasteiger partial charge on any atom is -0.348 e. The van der Waals surface area contributed by atoms with E-state index < -0.39 is 5.41 Å². The Hall–Kier alpha value is -2.44. The lowest BCUT2D eigenvalue weighted by Crippen LogP contribution is -2.48. The molecule has 152 valence electrons. The topological polar surface area (TPSA) is 73.8 Å². The van der Waals surface area contributed by atoms with Crippen molar-refractivity contribution in [3.8, 4) is 0 Å². The van der Waals surface area contributed by atoms with Crippen LogP contribution in [0.1, 0.15) is 37.0 Å². The van der Waals surface area contributed by atoms with Gasteiger partial charge in [0.2, 0.25) is 11.8 Å². The maximum atomic E-state index is 13.2. The summed E-state index contributed by atoms with van der Waals surface area (Å²) in [5, 5.41) is 0. The van der Waals surface area contributed by atoms with E-state index >= 15 is 0 Å². The molecule has 2 atom stereocenters. The second-order valence-corrected chi connectivity index (χ2v) is 8.21. The highest BCUT2D eigenvalue weighted by molar-refractivity contribution is 5.96. The van der Waals surface area contributed by atoms with Gasteiger partial charge in [0.25, 0.3) is 5.91 Å². The highest BCUT2D eigenvalue weighted by atomic mass is 16.2. The van der Waals surface area contributed by atoms with Crippen LogP contribution in [-0.4, -0.2) is 77.7 Å². The number of rotatable bonds is 5. The Morgan fingerprint density at radius 3 is 2.25 bits per heavy atom. The van der Waals surface area contributed by atoms with Crippen molar-refractivity contribution < 1.29 is 14.4 Å². The van der Waals surface area contributed by atoms with Gasteiger partial charge in [-0.1, -0.05) is 13.8 Å². The van der Waals surface area contributed by atoms with Gasteiger partial charge in [-0.2, -0.15) is 0 Å². The molecule has 2 aliphatic rings. The fourth-order valence-electron chi connectivity index (χ4n) is 4.71. The van der Waals surface area contributed by atoms with E-state index in [-0.39, 0.29) is 29.6 Å². The smallest absolute Gasteiger partial charge is 0.254 e. The molecule has 2 aliphatic heterocycles. The van der Waals surface area contributed by atoms with Crippen LogP contribution in [0.25, 0.3) is 0 Å². The molecule has 0 aliphatic carbocycles. The van der Waals surface area contributed by atoms with E-state index in [1.54, 1.807) is 48.4 Å². The molecule has 3 heterocycles. The van der Waals surface area contributed by atoms with Crippen molar-refractivity contribution in [2.24, 2.45) is 17.3 Å². The van der Waals surface area contributed by atoms with Gasteiger partial charge in [-0.15, -0.1) is 0 Å². The van der Waals surface area contributed by atoms with Crippen molar-refractivity contribution in [1.29, 1.82) is 0 Å². The predicted octanol–water partition coefficient (Wildman–Crippen LogP) is 1.51. The maximum Gasteiger partial charge on any atom is 0.254 e. The highest BCUT2D eigenvalue weighted by Gasteiger charge is 2.59. The molecule has 28 heavy (non-hydrogen) atoms. The van der Waals surface area contributed by atoms with Crippen molar-refractivity contribution in [2.45, 2.75) is 26.7 Å². The summed E-state index contributed by atoms with van der Waals surface area (Å²) in [5.74, 6) is 0.0201. The van der Waals surface area contributed by atoms with Gasteiger partial charge in [-0.05, 0) is 25.0 Å². The lowest BCUT2D eigenvalue weighted by molar-refractivity contribution is -0.140. The number of likely N-dealkylation sites (tertiary alicyclic amines) is 2. The van der Waals surface area contributed by atoms with Crippen molar-refractivity contribution in [3.05, 3.63) is 30.1 Å². The number of carbonyl (C=O) groups is 3. The summed E-state index contributed by atoms with van der Waals surface area (Å²) in [5.41, 5.74) is -0.138. The molecule has 7 nitrogen and oxygen atoms in total. The first kappa shape index (κ1) is 20.3. The Labute approximate surface area is 166 Å². The second-order valence-electron chi connectivity index (χ2n) is 8.21. The molecule has 2 fully saturated rings. The van der Waals surface area contributed by atoms with Gasteiger partial charge in [-0.3, -0.25) is 19.4 Å². The number of aromatic nitrogens is 1. The predicted molar refractivity (Wildman–Crippen MR) is 105 cm³/mol. The van der Waals surface area contributed by atoms with E-state index in [9.17, 15) is 14.4 Å². The third-order valence-electron chi connectivity index (χ3n) is 6.30. The first-order valence-electron chi connectivity index (χ1n) is 10.0. The lowest BCUT2D eigenvalue weighted by Gasteiger charge is -2.31. The average molecular weight is 386 g/mol. The number of nitrogens with zero attached hydrogens (tertiary/aromatic N) is 4. The summed E-state index contributed by atoms with van der Waals surface area (Å²) >= 11 is 0. The molecule has 2 saturated heterocycles. The van der Waals surface area contributed by atoms with Crippen molar-refractivity contribution >= 4 is 17.7 Å². The number of pyridine rings is 1. The zero-order valence-corrected chi connectivity index (χ0v) is 17.2. The van der Waals surface area contributed by atoms with E-state index in [0.29, 0.717) is 31.7 Å². The van der Waals surface area contributed by atoms with E-state index in [1.165, 1.54) is 0 Å². The standard InChI is InChI=1S/C21H30N4O3/c1-5-15(6-2)18(26)24-11-17-12-25(19(27)16-7-9-22-10-8-16)14-21(17,13-24)20(28)23(3)4/h7-10,15,17H,5-6,11-14H2,1-4H3/t17-,21-/m1/s1. The first-order chi connectivity index (χ1) is 13.3. The minimum absolute atomic E-state index is 0.000103. The number of fused-ring (bicyclic) bond motifs is 1. The highest BCUT2D eigenvalue weighted by Crippen LogP contribution is 2.44. The van der Waals surface area contributed by atoms with Gasteiger partial charge in [0.15, 0.2) is 0 Å². The number of hydrogen-bond donors (Lipinski definition) is 0. The summed E-state index contributed by atoms with van der Waals surface area (Å²) in [6, 6.07) is 3.39. The molecule has 3 rings (SSSR count). The van der Waals surface area contributed by atoms with Gasteiger partial charge in [0.1, 0.15) is 0 Å². The van der Waals surface area contributed by atoms with E-state index in [2.05, 4.69) is 4.98 Å². The molecule has 0 aromatic carbocycles. The molecule has 0 spiro atoms. The van der Waals surface area contributed by atoms with Gasteiger partial charge in [0, 0.05) is 70.1 Å². The summed E-state index contributed by atoms with van der Waals surface area (Å²) in [4.78, 5) is 48.2. The van der Waals surface area contributed by atoms with Crippen LogP contribution in [0.15, 0.2) is 24.5 Å². The second kappa shape index (κ2) is 7.89. The monoisotopic (exact) mass is 386 g/mol. The zero-order chi connectivity index (χ0) is 20.5. The Morgan fingerprint density at radius 1 is 1.11 bits per heavy atom. The van der Waals surface area contributed by atoms with Gasteiger partial charge >= 0.3 is 0 Å². The van der Waals surface area contributed by atoms with Crippen LogP contribution in [0.4, 0.5) is 0 Å². The molecule has 3 amide bonds. The number of carbonyl (C=O) groups excluding carboxylic acids is 3. The molecule has 0 N–H and O–H groups in total. The third-order valence-corrected chi connectivity index (χ3v) is 6.30. The number of amides is 3. The van der Waals surface area contributed by atoms with Gasteiger partial charge in [0.05, 0.1) is 5.41 Å². The van der Waals surface area contributed by atoms with Gasteiger partial charge < -0.3 is 14.7 Å². The van der Waals surface area contributed by atoms with Crippen molar-refractivity contribution in [2.75, 3.05) is 40.3 Å². The summed E-state index contributed by atoms with van der Waals surface area (Å²) in [6.45, 7) is 5.83. The van der Waals surface area contributed by atoms with Crippen LogP contribution in [-0.2, 0) is 9.59 Å². The van der Waals surface area contributed by atoms with Crippen LogP contribution in [0.3, 0.4) is 0 Å². The molecule has 0 bridgehead atoms. The van der Waals surface area contributed by atoms with Crippen LogP contribution in [0.5, 0.6) is 0 Å². The Kier molecular flexibility index (Phi) is 5.72. The van der Waals surface area contributed by atoms with E-state index in [4.69, 9.17) is 0 Å². The molecule has 7 heteroatoms. The summed E-state index contributed by atoms with van der Waals surface area (Å²) in [6.07, 6.45) is 4.80. The third kappa shape index (κ3) is 3.38. The van der Waals surface area contributed by atoms with Crippen LogP contribution >= 0.6 is 0 Å². The van der Waals surface area contributed by atoms with Crippen LogP contribution in [0.2, 0.25) is 0 Å². The molecule has 0 radical (unpaired) electrons. The minimum atomic E-state index is -0.714. The molecule has 0 saturated carbocycles. The number of hydrogen-bond acceptors (Lipinski definition) is 4. The molecular weight excluding hydrogens is 356 g/mol. The fourth-order valence-corrected chi connectivity index (χ4v) is 4.71. The first-order valence-corrected chi connectivity index (χ1v) is 10.0. The SMILES string of the molecule is CCC(CC)C(=O)N1C[C@@H]2CN(C(=O)c3ccncc3)C[C@]2(C(=O)N(C)C)C1. The quantitative estimate of drug-likeness (QED) is 0.769. The summed E-state index contributed by atoms with van der Waals surface area (Å²) in [7, 11) is 3.49. The Morgan fingerprint density at radius 2 is 1.68 bits per heavy atom. The Bertz CT molecular complexity index is 747. The normalized spacial score (nSPS) is 23.8. The maximum absolute atomic E-state index is 13.2. The van der Waals surface area contributed by atoms with E-state index in [0.717, 1.165) is 12.8 Å². The molecule has 0 unspecified atom stereocenters. The Balaban J connectivity index is 1.84.